The zero-order chi connectivity index (χ0) is 20.5. The normalized spacial score (nSPS) is 11.4. The summed E-state index contributed by atoms with van der Waals surface area (Å²) in [5, 5.41) is 23.4. The lowest BCUT2D eigenvalue weighted by Crippen LogP contribution is -1.95. The number of fused-ring (bicyclic) bond motifs is 1. The number of hydrogen-bond donors (Lipinski definition) is 2. The molecule has 0 bridgehead atoms. The van der Waals surface area contributed by atoms with E-state index in [0.717, 1.165) is 53.1 Å². The number of tetrazole rings is 1. The fraction of sp³-hybridized carbons (Fsp3) is 0.227. The standard InChI is InChI=1S/C22H22N8/c1-3-6-20-19(22-23-14(2)26-30(22)27-20)13-15-9-11-16(12-10-15)17-7-4-5-8-18(17)21-24-28-29-25-21/h4-5,7-12H,3,6,13H2,1-2H3,(H,23,26)(H,24,25,28,29). The van der Waals surface area contributed by atoms with Gasteiger partial charge in [0, 0.05) is 17.5 Å². The third-order valence-corrected chi connectivity index (χ3v) is 5.25. The second kappa shape index (κ2) is 7.55. The summed E-state index contributed by atoms with van der Waals surface area (Å²) in [5.74, 6) is 1.53. The van der Waals surface area contributed by atoms with Crippen molar-refractivity contribution in [2.75, 3.05) is 0 Å². The van der Waals surface area contributed by atoms with Crippen molar-refractivity contribution < 1.29 is 0 Å². The third-order valence-electron chi connectivity index (χ3n) is 5.25. The van der Waals surface area contributed by atoms with Crippen molar-refractivity contribution in [1.82, 2.24) is 40.4 Å². The van der Waals surface area contributed by atoms with Gasteiger partial charge in [0.15, 0.2) is 11.5 Å². The van der Waals surface area contributed by atoms with Gasteiger partial charge in [-0.2, -0.15) is 5.10 Å². The first kappa shape index (κ1) is 18.2. The van der Waals surface area contributed by atoms with Crippen LogP contribution in [0.2, 0.25) is 0 Å². The maximum absolute atomic E-state index is 4.68. The molecule has 5 aromatic rings. The Hall–Kier alpha value is -3.81. The van der Waals surface area contributed by atoms with Gasteiger partial charge in [-0.3, -0.25) is 0 Å². The van der Waals surface area contributed by atoms with E-state index in [1.165, 1.54) is 11.1 Å². The smallest absolute Gasteiger partial charge is 0.180 e. The van der Waals surface area contributed by atoms with Crippen molar-refractivity contribution in [3.63, 3.8) is 0 Å². The maximum Gasteiger partial charge on any atom is 0.180 e. The molecule has 0 radical (unpaired) electrons. The van der Waals surface area contributed by atoms with E-state index in [0.29, 0.717) is 5.82 Å². The minimum atomic E-state index is 0.663. The van der Waals surface area contributed by atoms with Gasteiger partial charge in [-0.1, -0.05) is 61.9 Å². The Bertz CT molecular complexity index is 1280. The van der Waals surface area contributed by atoms with E-state index in [-0.39, 0.29) is 0 Å². The number of nitrogens with zero attached hydrogens (tertiary/aromatic N) is 6. The summed E-state index contributed by atoms with van der Waals surface area (Å²) in [6, 6.07) is 16.8. The molecule has 0 aliphatic heterocycles. The first-order valence-electron chi connectivity index (χ1n) is 10.1. The predicted molar refractivity (Wildman–Crippen MR) is 114 cm³/mol. The van der Waals surface area contributed by atoms with Crippen molar-refractivity contribution in [2.45, 2.75) is 33.1 Å². The Morgan fingerprint density at radius 1 is 0.967 bits per heavy atom. The van der Waals surface area contributed by atoms with Gasteiger partial charge in [0.05, 0.1) is 5.69 Å². The third kappa shape index (κ3) is 3.26. The number of aryl methyl sites for hydroxylation is 2. The summed E-state index contributed by atoms with van der Waals surface area (Å²) >= 11 is 0. The van der Waals surface area contributed by atoms with Gasteiger partial charge in [0.25, 0.3) is 0 Å². The van der Waals surface area contributed by atoms with Gasteiger partial charge in [0.2, 0.25) is 0 Å². The van der Waals surface area contributed by atoms with Crippen LogP contribution in [0.15, 0.2) is 48.5 Å². The summed E-state index contributed by atoms with van der Waals surface area (Å²) in [6.45, 7) is 4.13. The topological polar surface area (TPSA) is 100 Å². The van der Waals surface area contributed by atoms with Crippen LogP contribution in [0.4, 0.5) is 0 Å². The first-order valence-corrected chi connectivity index (χ1v) is 10.1. The van der Waals surface area contributed by atoms with Crippen molar-refractivity contribution in [3.8, 4) is 22.5 Å². The number of hydrogen-bond acceptors (Lipinski definition) is 5. The minimum Gasteiger partial charge on any atom is -0.325 e. The van der Waals surface area contributed by atoms with Crippen molar-refractivity contribution >= 4 is 5.65 Å². The Morgan fingerprint density at radius 3 is 2.50 bits per heavy atom. The molecule has 30 heavy (non-hydrogen) atoms. The van der Waals surface area contributed by atoms with Gasteiger partial charge in [-0.05, 0) is 40.5 Å². The van der Waals surface area contributed by atoms with Crippen LogP contribution in [-0.4, -0.2) is 40.4 Å². The lowest BCUT2D eigenvalue weighted by atomic mass is 9.96. The molecule has 0 fully saturated rings. The summed E-state index contributed by atoms with van der Waals surface area (Å²) in [5.41, 5.74) is 7.75. The Labute approximate surface area is 173 Å². The highest BCUT2D eigenvalue weighted by molar-refractivity contribution is 5.80. The van der Waals surface area contributed by atoms with Gasteiger partial charge in [-0.25, -0.2) is 5.10 Å². The molecule has 150 valence electrons. The Kier molecular flexibility index (Phi) is 4.59. The molecule has 8 heteroatoms. The zero-order valence-electron chi connectivity index (χ0n) is 16.9. The molecular weight excluding hydrogens is 376 g/mol. The van der Waals surface area contributed by atoms with Crippen molar-refractivity contribution in [2.24, 2.45) is 0 Å². The summed E-state index contributed by atoms with van der Waals surface area (Å²) < 4.78 is 1.73. The summed E-state index contributed by atoms with van der Waals surface area (Å²) in [7, 11) is 0. The fourth-order valence-corrected chi connectivity index (χ4v) is 3.86. The van der Waals surface area contributed by atoms with E-state index < -0.39 is 0 Å². The van der Waals surface area contributed by atoms with E-state index >= 15 is 0 Å². The molecule has 0 saturated carbocycles. The number of nitrogens with one attached hydrogen (secondary N) is 2. The van der Waals surface area contributed by atoms with Crippen LogP contribution in [0.1, 0.15) is 36.0 Å². The second-order valence-electron chi connectivity index (χ2n) is 7.39. The molecule has 2 aromatic carbocycles. The second-order valence-corrected chi connectivity index (χ2v) is 7.39. The van der Waals surface area contributed by atoms with E-state index in [2.05, 4.69) is 73.1 Å². The molecule has 5 rings (SSSR count). The minimum absolute atomic E-state index is 0.663. The highest BCUT2D eigenvalue weighted by Gasteiger charge is 2.16. The van der Waals surface area contributed by atoms with E-state index in [1.807, 2.05) is 25.1 Å². The largest absolute Gasteiger partial charge is 0.325 e. The van der Waals surface area contributed by atoms with E-state index in [9.17, 15) is 0 Å². The van der Waals surface area contributed by atoms with Gasteiger partial charge in [0.1, 0.15) is 5.82 Å². The number of rotatable bonds is 6. The van der Waals surface area contributed by atoms with Gasteiger partial charge >= 0.3 is 0 Å². The van der Waals surface area contributed by atoms with Crippen LogP contribution in [0.25, 0.3) is 28.2 Å². The molecule has 8 nitrogen and oxygen atoms in total. The number of H-pyrrole nitrogens is 2. The molecule has 2 N–H and O–H groups in total. The van der Waals surface area contributed by atoms with Crippen LogP contribution in [-0.2, 0) is 12.8 Å². The molecule has 0 spiro atoms. The molecule has 0 amide bonds. The number of aromatic nitrogens is 8. The number of aromatic amines is 2. The highest BCUT2D eigenvalue weighted by atomic mass is 15.5. The molecule has 0 unspecified atom stereocenters. The van der Waals surface area contributed by atoms with Crippen LogP contribution in [0, 0.1) is 6.92 Å². The monoisotopic (exact) mass is 398 g/mol. The highest BCUT2D eigenvalue weighted by Crippen LogP contribution is 2.30. The number of benzene rings is 2. The molecular formula is C22H22N8. The SMILES string of the molecule is CCCc1nn2nc(C)[nH]c2c1Cc1ccc(-c2ccccc2-c2nnn[nH]2)cc1. The summed E-state index contributed by atoms with van der Waals surface area (Å²) in [4.78, 5) is 3.35. The molecule has 0 aliphatic rings. The molecule has 0 atom stereocenters. The first-order chi connectivity index (χ1) is 14.7. The zero-order valence-corrected chi connectivity index (χ0v) is 16.9. The van der Waals surface area contributed by atoms with E-state index in [1.54, 1.807) is 4.63 Å². The van der Waals surface area contributed by atoms with Crippen LogP contribution in [0.5, 0.6) is 0 Å². The van der Waals surface area contributed by atoms with Crippen molar-refractivity contribution in [1.29, 1.82) is 0 Å². The Morgan fingerprint density at radius 2 is 1.77 bits per heavy atom. The quantitative estimate of drug-likeness (QED) is 0.454. The predicted octanol–water partition coefficient (Wildman–Crippen LogP) is 3.76. The lowest BCUT2D eigenvalue weighted by molar-refractivity contribution is 0.760. The maximum atomic E-state index is 4.68. The molecule has 3 heterocycles. The van der Waals surface area contributed by atoms with Crippen molar-refractivity contribution in [3.05, 3.63) is 71.2 Å². The van der Waals surface area contributed by atoms with Gasteiger partial charge < -0.3 is 4.98 Å². The van der Waals surface area contributed by atoms with E-state index in [4.69, 9.17) is 0 Å². The fourth-order valence-electron chi connectivity index (χ4n) is 3.86. The molecule has 0 saturated heterocycles. The summed E-state index contributed by atoms with van der Waals surface area (Å²) in [6.07, 6.45) is 2.81. The lowest BCUT2D eigenvalue weighted by Gasteiger charge is -2.08. The van der Waals surface area contributed by atoms with Gasteiger partial charge in [-0.15, -0.1) is 14.8 Å². The average Bonchev–Trinajstić information content (AvgIpc) is 3.48. The molecule has 0 aliphatic carbocycles. The Balaban J connectivity index is 1.48. The van der Waals surface area contributed by atoms with Crippen LogP contribution < -0.4 is 0 Å². The molecule has 3 aromatic heterocycles. The average molecular weight is 398 g/mol. The van der Waals surface area contributed by atoms with Crippen LogP contribution in [0.3, 0.4) is 0 Å². The van der Waals surface area contributed by atoms with Crippen LogP contribution >= 0.6 is 0 Å².